The molecular weight excluding hydrogens is 180 g/mol. The van der Waals surface area contributed by atoms with Crippen molar-refractivity contribution < 1.29 is 0 Å². The second-order valence-electron chi connectivity index (χ2n) is 3.12. The van der Waals surface area contributed by atoms with Gasteiger partial charge in [0, 0.05) is 12.7 Å². The topological polar surface area (TPSA) is 86.6 Å². The van der Waals surface area contributed by atoms with Gasteiger partial charge in [-0.25, -0.2) is 0 Å². The Labute approximate surface area is 81.1 Å². The first-order chi connectivity index (χ1) is 6.66. The van der Waals surface area contributed by atoms with Crippen LogP contribution in [0.2, 0.25) is 0 Å². The molecule has 2 aromatic heterocycles. The number of rotatable bonds is 2. The van der Waals surface area contributed by atoms with Crippen LogP contribution in [0.15, 0.2) is 12.1 Å². The Balaban J connectivity index is 2.28. The van der Waals surface area contributed by atoms with E-state index >= 15 is 0 Å². The van der Waals surface area contributed by atoms with Gasteiger partial charge in [0.1, 0.15) is 5.82 Å². The van der Waals surface area contributed by atoms with Crippen molar-refractivity contribution in [3.63, 3.8) is 0 Å². The summed E-state index contributed by atoms with van der Waals surface area (Å²) < 4.78 is 0. The van der Waals surface area contributed by atoms with Crippen LogP contribution in [0.3, 0.4) is 0 Å². The van der Waals surface area contributed by atoms with Gasteiger partial charge in [-0.1, -0.05) is 0 Å². The predicted molar refractivity (Wildman–Crippen MR) is 54.4 cm³/mol. The molecule has 0 aliphatic heterocycles. The Hall–Kier alpha value is -1.98. The number of nitrogens with one attached hydrogen (secondary N) is 2. The van der Waals surface area contributed by atoms with Crippen molar-refractivity contribution in [1.29, 1.82) is 0 Å². The minimum absolute atomic E-state index is 0.315. The molecule has 2 rings (SSSR count). The van der Waals surface area contributed by atoms with E-state index in [1.165, 1.54) is 0 Å². The number of aryl methyl sites for hydroxylation is 1. The van der Waals surface area contributed by atoms with Gasteiger partial charge in [-0.15, -0.1) is 10.2 Å². The van der Waals surface area contributed by atoms with Gasteiger partial charge in [0.25, 0.3) is 0 Å². The standard InChI is InChI=1S/C8H12N6/c1-5-3-4-6(10-5)14(2)8-11-7(9)12-13-8/h3-4,10H,1-2H3,(H3,9,11,12,13). The third-order valence-corrected chi connectivity index (χ3v) is 1.99. The fourth-order valence-corrected chi connectivity index (χ4v) is 1.22. The molecule has 0 amide bonds. The van der Waals surface area contributed by atoms with E-state index in [0.717, 1.165) is 11.5 Å². The first-order valence-electron chi connectivity index (χ1n) is 4.24. The SMILES string of the molecule is Cc1ccc(N(C)c2nnc(N)[nH]2)[nH]1. The van der Waals surface area contributed by atoms with Gasteiger partial charge in [-0.05, 0) is 19.1 Å². The zero-order chi connectivity index (χ0) is 10.1. The van der Waals surface area contributed by atoms with Crippen LogP contribution in [-0.2, 0) is 0 Å². The molecule has 0 spiro atoms. The molecular formula is C8H12N6. The second kappa shape index (κ2) is 3.06. The Kier molecular flexibility index (Phi) is 1.88. The second-order valence-corrected chi connectivity index (χ2v) is 3.12. The molecule has 4 N–H and O–H groups in total. The van der Waals surface area contributed by atoms with E-state index in [1.807, 2.05) is 31.0 Å². The van der Waals surface area contributed by atoms with Crippen LogP contribution in [0.25, 0.3) is 0 Å². The Bertz CT molecular complexity index is 388. The molecule has 0 unspecified atom stereocenters. The molecule has 0 radical (unpaired) electrons. The number of anilines is 3. The minimum Gasteiger partial charge on any atom is -0.368 e. The molecule has 0 atom stereocenters. The summed E-state index contributed by atoms with van der Waals surface area (Å²) in [7, 11) is 1.88. The number of aromatic amines is 2. The van der Waals surface area contributed by atoms with Crippen molar-refractivity contribution in [1.82, 2.24) is 20.2 Å². The van der Waals surface area contributed by atoms with Crippen molar-refractivity contribution in [3.8, 4) is 0 Å². The summed E-state index contributed by atoms with van der Waals surface area (Å²) in [6.07, 6.45) is 0. The van der Waals surface area contributed by atoms with Crippen molar-refractivity contribution in [2.45, 2.75) is 6.92 Å². The number of hydrogen-bond acceptors (Lipinski definition) is 4. The Morgan fingerprint density at radius 2 is 2.07 bits per heavy atom. The number of nitrogen functional groups attached to an aromatic ring is 1. The van der Waals surface area contributed by atoms with Crippen LogP contribution < -0.4 is 10.6 Å². The number of nitrogens with two attached hydrogens (primary N) is 1. The summed E-state index contributed by atoms with van der Waals surface area (Å²) in [4.78, 5) is 7.87. The van der Waals surface area contributed by atoms with Gasteiger partial charge in [0.15, 0.2) is 0 Å². The van der Waals surface area contributed by atoms with E-state index < -0.39 is 0 Å². The van der Waals surface area contributed by atoms with Crippen molar-refractivity contribution in [3.05, 3.63) is 17.8 Å². The minimum atomic E-state index is 0.315. The molecule has 0 aromatic carbocycles. The fourth-order valence-electron chi connectivity index (χ4n) is 1.22. The molecule has 14 heavy (non-hydrogen) atoms. The van der Waals surface area contributed by atoms with Gasteiger partial charge in [-0.2, -0.15) is 0 Å². The molecule has 74 valence electrons. The fraction of sp³-hybridized carbons (Fsp3) is 0.250. The molecule has 2 heterocycles. The van der Waals surface area contributed by atoms with Crippen LogP contribution in [0.1, 0.15) is 5.69 Å². The molecule has 0 saturated carbocycles. The van der Waals surface area contributed by atoms with Gasteiger partial charge in [-0.3, -0.25) is 9.88 Å². The highest BCUT2D eigenvalue weighted by atomic mass is 15.4. The predicted octanol–water partition coefficient (Wildman–Crippen LogP) is 0.791. The van der Waals surface area contributed by atoms with Crippen LogP contribution in [-0.4, -0.2) is 27.2 Å². The molecule has 6 nitrogen and oxygen atoms in total. The molecule has 2 aromatic rings. The molecule has 0 bridgehead atoms. The Morgan fingerprint density at radius 3 is 2.57 bits per heavy atom. The number of hydrogen-bond donors (Lipinski definition) is 3. The average molecular weight is 192 g/mol. The normalized spacial score (nSPS) is 10.4. The van der Waals surface area contributed by atoms with Crippen molar-refractivity contribution >= 4 is 17.7 Å². The van der Waals surface area contributed by atoms with Gasteiger partial charge in [0.2, 0.25) is 11.9 Å². The third-order valence-electron chi connectivity index (χ3n) is 1.99. The zero-order valence-corrected chi connectivity index (χ0v) is 8.07. The number of aromatic nitrogens is 4. The maximum absolute atomic E-state index is 5.43. The summed E-state index contributed by atoms with van der Waals surface area (Å²) in [6, 6.07) is 3.96. The number of nitrogens with zero attached hydrogens (tertiary/aromatic N) is 3. The van der Waals surface area contributed by atoms with Crippen LogP contribution in [0, 0.1) is 6.92 Å². The zero-order valence-electron chi connectivity index (χ0n) is 8.07. The molecule has 0 aliphatic rings. The first-order valence-corrected chi connectivity index (χ1v) is 4.24. The van der Waals surface area contributed by atoms with Crippen LogP contribution in [0.4, 0.5) is 17.7 Å². The first kappa shape index (κ1) is 8.61. The summed E-state index contributed by atoms with van der Waals surface area (Å²) >= 11 is 0. The highest BCUT2D eigenvalue weighted by Gasteiger charge is 2.08. The van der Waals surface area contributed by atoms with Gasteiger partial charge < -0.3 is 10.7 Å². The lowest BCUT2D eigenvalue weighted by molar-refractivity contribution is 1.02. The highest BCUT2D eigenvalue weighted by molar-refractivity contribution is 5.52. The van der Waals surface area contributed by atoms with Crippen LogP contribution in [0.5, 0.6) is 0 Å². The van der Waals surface area contributed by atoms with E-state index in [-0.39, 0.29) is 0 Å². The van der Waals surface area contributed by atoms with E-state index in [0.29, 0.717) is 11.9 Å². The Morgan fingerprint density at radius 1 is 1.29 bits per heavy atom. The lowest BCUT2D eigenvalue weighted by Crippen LogP contribution is -2.11. The average Bonchev–Trinajstić information content (AvgIpc) is 2.73. The van der Waals surface area contributed by atoms with Crippen molar-refractivity contribution in [2.24, 2.45) is 0 Å². The van der Waals surface area contributed by atoms with E-state index in [2.05, 4.69) is 20.2 Å². The summed E-state index contributed by atoms with van der Waals surface area (Å²) in [6.45, 7) is 1.99. The van der Waals surface area contributed by atoms with E-state index in [4.69, 9.17) is 5.73 Å². The summed E-state index contributed by atoms with van der Waals surface area (Å²) in [5.41, 5.74) is 6.53. The summed E-state index contributed by atoms with van der Waals surface area (Å²) in [5.74, 6) is 1.87. The molecule has 0 fully saturated rings. The molecule has 0 aliphatic carbocycles. The smallest absolute Gasteiger partial charge is 0.231 e. The van der Waals surface area contributed by atoms with Crippen LogP contribution >= 0.6 is 0 Å². The summed E-state index contributed by atoms with van der Waals surface area (Å²) in [5, 5.41) is 7.56. The third kappa shape index (κ3) is 1.41. The quantitative estimate of drug-likeness (QED) is 0.656. The molecule has 0 saturated heterocycles. The van der Waals surface area contributed by atoms with Gasteiger partial charge >= 0.3 is 0 Å². The largest absolute Gasteiger partial charge is 0.368 e. The lowest BCUT2D eigenvalue weighted by Gasteiger charge is -2.12. The molecule has 6 heteroatoms. The lowest BCUT2D eigenvalue weighted by atomic mass is 10.5. The van der Waals surface area contributed by atoms with E-state index in [9.17, 15) is 0 Å². The highest BCUT2D eigenvalue weighted by Crippen LogP contribution is 2.18. The van der Waals surface area contributed by atoms with Crippen molar-refractivity contribution in [2.75, 3.05) is 17.7 Å². The van der Waals surface area contributed by atoms with E-state index in [1.54, 1.807) is 0 Å². The maximum Gasteiger partial charge on any atom is 0.231 e. The maximum atomic E-state index is 5.43. The number of H-pyrrole nitrogens is 2. The monoisotopic (exact) mass is 192 g/mol. The van der Waals surface area contributed by atoms with Gasteiger partial charge in [0.05, 0.1) is 0 Å².